The molecule has 66 valence electrons. The second kappa shape index (κ2) is 4.07. The predicted molar refractivity (Wildman–Crippen MR) is 55.0 cm³/mol. The van der Waals surface area contributed by atoms with Gasteiger partial charge in [-0.25, -0.2) is 4.39 Å². The van der Waals surface area contributed by atoms with Crippen molar-refractivity contribution >= 4 is 22.6 Å². The van der Waals surface area contributed by atoms with Gasteiger partial charge in [0, 0.05) is 9.13 Å². The topological polar surface area (TPSA) is 9.23 Å². The number of benzene rings is 1. The van der Waals surface area contributed by atoms with Gasteiger partial charge in [-0.2, -0.15) is 0 Å². The number of hydrogen-bond donors (Lipinski definition) is 0. The normalized spacial score (nSPS) is 10.0. The molecule has 0 unspecified atom stereocenters. The van der Waals surface area contributed by atoms with Gasteiger partial charge in [-0.05, 0) is 48.6 Å². The van der Waals surface area contributed by atoms with Crippen molar-refractivity contribution in [1.82, 2.24) is 0 Å². The Bertz CT molecular complexity index is 286. The second-order valence-electron chi connectivity index (χ2n) is 2.42. The highest BCUT2D eigenvalue weighted by Gasteiger charge is 2.07. The molecule has 1 rings (SSSR count). The van der Waals surface area contributed by atoms with E-state index in [1.54, 1.807) is 13.0 Å². The highest BCUT2D eigenvalue weighted by molar-refractivity contribution is 14.1. The fourth-order valence-corrected chi connectivity index (χ4v) is 1.32. The summed E-state index contributed by atoms with van der Waals surface area (Å²) in [5, 5.41) is 0. The van der Waals surface area contributed by atoms with Crippen molar-refractivity contribution < 1.29 is 9.13 Å². The van der Waals surface area contributed by atoms with Crippen molar-refractivity contribution in [2.75, 3.05) is 6.61 Å². The summed E-state index contributed by atoms with van der Waals surface area (Å²) in [5.74, 6) is 0.0965. The fourth-order valence-electron chi connectivity index (χ4n) is 0.904. The van der Waals surface area contributed by atoms with Gasteiger partial charge in [-0.15, -0.1) is 0 Å². The predicted octanol–water partition coefficient (Wildman–Crippen LogP) is 3.14. The molecule has 0 aliphatic carbocycles. The molecular weight excluding hydrogens is 270 g/mol. The first-order valence-electron chi connectivity index (χ1n) is 3.74. The van der Waals surface area contributed by atoms with Crippen LogP contribution in [-0.4, -0.2) is 6.61 Å². The van der Waals surface area contributed by atoms with Gasteiger partial charge < -0.3 is 4.74 Å². The number of halogens is 2. The molecule has 1 nitrogen and oxygen atoms in total. The van der Waals surface area contributed by atoms with Gasteiger partial charge in [0.15, 0.2) is 11.6 Å². The van der Waals surface area contributed by atoms with Gasteiger partial charge >= 0.3 is 0 Å². The van der Waals surface area contributed by atoms with E-state index in [9.17, 15) is 4.39 Å². The lowest BCUT2D eigenvalue weighted by Gasteiger charge is -2.07. The van der Waals surface area contributed by atoms with Crippen LogP contribution in [0.25, 0.3) is 0 Å². The molecule has 0 saturated carbocycles. The monoisotopic (exact) mass is 280 g/mol. The zero-order valence-electron chi connectivity index (χ0n) is 7.03. The molecule has 0 saturated heterocycles. The van der Waals surface area contributed by atoms with Crippen LogP contribution in [0.1, 0.15) is 12.5 Å². The van der Waals surface area contributed by atoms with E-state index >= 15 is 0 Å². The van der Waals surface area contributed by atoms with Crippen LogP contribution in [0.2, 0.25) is 0 Å². The Morgan fingerprint density at radius 3 is 2.75 bits per heavy atom. The molecule has 0 aromatic heterocycles. The highest BCUT2D eigenvalue weighted by Crippen LogP contribution is 2.24. The molecule has 0 amide bonds. The van der Waals surface area contributed by atoms with Crippen LogP contribution in [0.5, 0.6) is 5.75 Å². The molecule has 0 atom stereocenters. The van der Waals surface area contributed by atoms with E-state index in [0.717, 1.165) is 3.57 Å². The van der Waals surface area contributed by atoms with Gasteiger partial charge in [0.1, 0.15) is 0 Å². The minimum Gasteiger partial charge on any atom is -0.491 e. The third kappa shape index (κ3) is 1.88. The maximum atomic E-state index is 13.3. The Hall–Kier alpha value is -0.320. The van der Waals surface area contributed by atoms with Gasteiger partial charge in [0.2, 0.25) is 0 Å². The first kappa shape index (κ1) is 9.77. The molecule has 0 fully saturated rings. The van der Waals surface area contributed by atoms with E-state index in [2.05, 4.69) is 22.6 Å². The lowest BCUT2D eigenvalue weighted by atomic mass is 10.2. The zero-order chi connectivity index (χ0) is 9.14. The smallest absolute Gasteiger partial charge is 0.169 e. The molecule has 1 aromatic carbocycles. The van der Waals surface area contributed by atoms with Crippen molar-refractivity contribution in [1.29, 1.82) is 0 Å². The van der Waals surface area contributed by atoms with Crippen molar-refractivity contribution in [3.05, 3.63) is 27.1 Å². The van der Waals surface area contributed by atoms with Crippen LogP contribution >= 0.6 is 22.6 Å². The van der Waals surface area contributed by atoms with Crippen LogP contribution in [0.4, 0.5) is 4.39 Å². The standard InChI is InChI=1S/C9H10FIO/c1-3-12-8-5-4-7(11)6(2)9(8)10/h4-5H,3H2,1-2H3. The van der Waals surface area contributed by atoms with Gasteiger partial charge in [0.05, 0.1) is 6.61 Å². The van der Waals surface area contributed by atoms with Crippen molar-refractivity contribution in [3.63, 3.8) is 0 Å². The maximum Gasteiger partial charge on any atom is 0.169 e. The summed E-state index contributed by atoms with van der Waals surface area (Å²) in [4.78, 5) is 0. The molecule has 1 aromatic rings. The van der Waals surface area contributed by atoms with Crippen molar-refractivity contribution in [2.45, 2.75) is 13.8 Å². The van der Waals surface area contributed by atoms with E-state index in [4.69, 9.17) is 4.74 Å². The van der Waals surface area contributed by atoms with E-state index in [1.807, 2.05) is 13.0 Å². The summed E-state index contributed by atoms with van der Waals surface area (Å²) < 4.78 is 19.3. The third-order valence-corrected chi connectivity index (χ3v) is 2.75. The molecule has 0 bridgehead atoms. The molecule has 0 heterocycles. The minimum absolute atomic E-state index is 0.247. The number of rotatable bonds is 2. The van der Waals surface area contributed by atoms with Crippen LogP contribution in [0, 0.1) is 16.3 Å². The minimum atomic E-state index is -0.247. The maximum absolute atomic E-state index is 13.3. The largest absolute Gasteiger partial charge is 0.491 e. The van der Waals surface area contributed by atoms with Crippen molar-refractivity contribution in [2.24, 2.45) is 0 Å². The molecule has 0 radical (unpaired) electrons. The first-order chi connectivity index (χ1) is 5.66. The lowest BCUT2D eigenvalue weighted by Crippen LogP contribution is -1.97. The number of hydrogen-bond acceptors (Lipinski definition) is 1. The molecule has 3 heteroatoms. The van der Waals surface area contributed by atoms with Crippen LogP contribution in [0.3, 0.4) is 0 Å². The summed E-state index contributed by atoms with van der Waals surface area (Å²) in [5.41, 5.74) is 0.654. The summed E-state index contributed by atoms with van der Waals surface area (Å²) in [6, 6.07) is 3.51. The summed E-state index contributed by atoms with van der Waals surface area (Å²) in [7, 11) is 0. The van der Waals surface area contributed by atoms with Gasteiger partial charge in [0.25, 0.3) is 0 Å². The first-order valence-corrected chi connectivity index (χ1v) is 4.82. The quantitative estimate of drug-likeness (QED) is 0.756. The van der Waals surface area contributed by atoms with Gasteiger partial charge in [-0.1, -0.05) is 0 Å². The van der Waals surface area contributed by atoms with Crippen LogP contribution in [0.15, 0.2) is 12.1 Å². The van der Waals surface area contributed by atoms with E-state index < -0.39 is 0 Å². The Kier molecular flexibility index (Phi) is 3.31. The van der Waals surface area contributed by atoms with E-state index in [-0.39, 0.29) is 5.82 Å². The van der Waals surface area contributed by atoms with E-state index in [1.165, 1.54) is 0 Å². The Morgan fingerprint density at radius 2 is 2.17 bits per heavy atom. The molecule has 0 aliphatic rings. The molecule has 0 aliphatic heterocycles. The van der Waals surface area contributed by atoms with E-state index in [0.29, 0.717) is 17.9 Å². The van der Waals surface area contributed by atoms with Crippen LogP contribution in [-0.2, 0) is 0 Å². The zero-order valence-corrected chi connectivity index (χ0v) is 9.18. The Balaban J connectivity index is 3.08. The molecular formula is C9H10FIO. The highest BCUT2D eigenvalue weighted by atomic mass is 127. The molecule has 0 N–H and O–H groups in total. The van der Waals surface area contributed by atoms with Crippen molar-refractivity contribution in [3.8, 4) is 5.75 Å². The summed E-state index contributed by atoms with van der Waals surface area (Å²) in [6.07, 6.45) is 0. The Labute approximate surface area is 85.1 Å². The summed E-state index contributed by atoms with van der Waals surface area (Å²) >= 11 is 2.10. The SMILES string of the molecule is CCOc1ccc(I)c(C)c1F. The lowest BCUT2D eigenvalue weighted by molar-refractivity contribution is 0.320. The summed E-state index contributed by atoms with van der Waals surface area (Å²) in [6.45, 7) is 4.09. The number of ether oxygens (including phenoxy) is 1. The average Bonchev–Trinajstić information content (AvgIpc) is 2.07. The van der Waals surface area contributed by atoms with Gasteiger partial charge in [-0.3, -0.25) is 0 Å². The third-order valence-electron chi connectivity index (χ3n) is 1.58. The Morgan fingerprint density at radius 1 is 1.50 bits per heavy atom. The molecule has 12 heavy (non-hydrogen) atoms. The second-order valence-corrected chi connectivity index (χ2v) is 3.58. The fraction of sp³-hybridized carbons (Fsp3) is 0.333. The average molecular weight is 280 g/mol. The van der Waals surface area contributed by atoms with Crippen LogP contribution < -0.4 is 4.74 Å². The molecule has 0 spiro atoms.